The van der Waals surface area contributed by atoms with Crippen molar-refractivity contribution in [3.8, 4) is 22.8 Å². The van der Waals surface area contributed by atoms with Crippen LogP contribution in [0.1, 0.15) is 5.56 Å². The zero-order valence-electron chi connectivity index (χ0n) is 18.8. The first kappa shape index (κ1) is 24.4. The summed E-state index contributed by atoms with van der Waals surface area (Å²) >= 11 is 4.77. The van der Waals surface area contributed by atoms with E-state index in [1.54, 1.807) is 13.2 Å². The molecule has 4 aromatic rings. The van der Waals surface area contributed by atoms with Crippen LogP contribution in [0.3, 0.4) is 0 Å². The summed E-state index contributed by atoms with van der Waals surface area (Å²) in [5.41, 5.74) is 5.30. The van der Waals surface area contributed by atoms with Crippen LogP contribution in [0, 0.1) is 0 Å². The minimum Gasteiger partial charge on any atom is -0.496 e. The van der Waals surface area contributed by atoms with E-state index in [2.05, 4.69) is 36.7 Å². The van der Waals surface area contributed by atoms with Crippen molar-refractivity contribution in [1.29, 1.82) is 0 Å². The minimum absolute atomic E-state index is 0.136. The summed E-state index contributed by atoms with van der Waals surface area (Å²) in [5.74, 6) is 1.36. The Morgan fingerprint density at radius 1 is 1.06 bits per heavy atom. The number of thioether (sulfide) groups is 1. The highest BCUT2D eigenvalue weighted by atomic mass is 79.9. The second-order valence-electron chi connectivity index (χ2n) is 7.19. The maximum atomic E-state index is 12.4. The molecule has 0 radical (unpaired) electrons. The van der Waals surface area contributed by atoms with Crippen LogP contribution < -0.4 is 10.2 Å². The summed E-state index contributed by atoms with van der Waals surface area (Å²) in [7, 11) is 1.62. The van der Waals surface area contributed by atoms with Crippen LogP contribution in [0.25, 0.3) is 23.2 Å². The molecule has 0 atom stereocenters. The number of methoxy groups -OCH3 is 1. The molecule has 0 aliphatic carbocycles. The number of hydrogen-bond donors (Lipinski definition) is 1. The number of halogens is 1. The van der Waals surface area contributed by atoms with Crippen molar-refractivity contribution in [2.45, 2.75) is 5.16 Å². The Hall–Kier alpha value is -3.69. The van der Waals surface area contributed by atoms with Gasteiger partial charge in [0.2, 0.25) is 0 Å². The number of nitrogens with one attached hydrogen (secondary N) is 1. The highest BCUT2D eigenvalue weighted by Crippen LogP contribution is 2.28. The van der Waals surface area contributed by atoms with Crippen molar-refractivity contribution in [2.75, 3.05) is 12.9 Å². The van der Waals surface area contributed by atoms with Gasteiger partial charge >= 0.3 is 0 Å². The van der Waals surface area contributed by atoms with Gasteiger partial charge in [-0.2, -0.15) is 5.10 Å². The summed E-state index contributed by atoms with van der Waals surface area (Å²) in [6.45, 7) is 0. The van der Waals surface area contributed by atoms with E-state index in [-0.39, 0.29) is 11.7 Å². The molecule has 0 saturated heterocycles. The van der Waals surface area contributed by atoms with E-state index < -0.39 is 0 Å². The summed E-state index contributed by atoms with van der Waals surface area (Å²) in [4.78, 5) is 12.4. The maximum absolute atomic E-state index is 12.4. The number of hydrogen-bond acceptors (Lipinski definition) is 6. The fourth-order valence-corrected chi connectivity index (χ4v) is 4.23. The van der Waals surface area contributed by atoms with Gasteiger partial charge in [0.1, 0.15) is 5.75 Å². The van der Waals surface area contributed by atoms with Crippen LogP contribution in [-0.4, -0.2) is 39.7 Å². The second-order valence-corrected chi connectivity index (χ2v) is 9.05. The van der Waals surface area contributed by atoms with Crippen LogP contribution in [0.2, 0.25) is 0 Å². The van der Waals surface area contributed by atoms with Crippen molar-refractivity contribution in [2.24, 2.45) is 5.10 Å². The Morgan fingerprint density at radius 2 is 1.80 bits per heavy atom. The fourth-order valence-electron chi connectivity index (χ4n) is 3.23. The van der Waals surface area contributed by atoms with Crippen LogP contribution in [0.15, 0.2) is 99.7 Å². The van der Waals surface area contributed by atoms with Crippen molar-refractivity contribution >= 4 is 45.9 Å². The van der Waals surface area contributed by atoms with E-state index in [4.69, 9.17) is 4.74 Å². The number of benzene rings is 3. The molecule has 9 heteroatoms. The van der Waals surface area contributed by atoms with E-state index in [0.717, 1.165) is 27.0 Å². The van der Waals surface area contributed by atoms with Crippen LogP contribution >= 0.6 is 27.7 Å². The Morgan fingerprint density at radius 3 is 2.57 bits per heavy atom. The molecule has 0 aliphatic rings. The molecule has 35 heavy (non-hydrogen) atoms. The zero-order valence-corrected chi connectivity index (χ0v) is 21.2. The van der Waals surface area contributed by atoms with Gasteiger partial charge in [-0.3, -0.25) is 9.36 Å². The summed E-state index contributed by atoms with van der Waals surface area (Å²) in [5, 5.41) is 13.3. The van der Waals surface area contributed by atoms with E-state index >= 15 is 0 Å². The quantitative estimate of drug-likeness (QED) is 0.167. The lowest BCUT2D eigenvalue weighted by Crippen LogP contribution is -2.19. The number of carbonyl (C=O) groups is 1. The molecule has 1 heterocycles. The van der Waals surface area contributed by atoms with Gasteiger partial charge < -0.3 is 4.74 Å². The highest BCUT2D eigenvalue weighted by molar-refractivity contribution is 9.10. The number of nitrogens with zero attached hydrogens (tertiary/aromatic N) is 4. The van der Waals surface area contributed by atoms with Crippen molar-refractivity contribution < 1.29 is 9.53 Å². The summed E-state index contributed by atoms with van der Waals surface area (Å²) < 4.78 is 8.23. The topological polar surface area (TPSA) is 81.4 Å². The van der Waals surface area contributed by atoms with Crippen LogP contribution in [-0.2, 0) is 4.79 Å². The molecule has 0 spiro atoms. The van der Waals surface area contributed by atoms with Gasteiger partial charge in [-0.1, -0.05) is 76.2 Å². The van der Waals surface area contributed by atoms with E-state index in [0.29, 0.717) is 11.0 Å². The number of amides is 1. The smallest absolute Gasteiger partial charge is 0.250 e. The molecular formula is C26H22BrN5O2S. The van der Waals surface area contributed by atoms with E-state index in [9.17, 15) is 4.79 Å². The number of ether oxygens (including phenoxy) is 1. The largest absolute Gasteiger partial charge is 0.496 e. The SMILES string of the molecule is COc1ccccc1/C=C\C=N\NC(=O)CSc1nnc(-c2ccccc2)n1-c1ccc(Br)cc1. The first-order valence-electron chi connectivity index (χ1n) is 10.7. The third-order valence-electron chi connectivity index (χ3n) is 4.85. The molecule has 1 aromatic heterocycles. The predicted octanol–water partition coefficient (Wildman–Crippen LogP) is 5.61. The van der Waals surface area contributed by atoms with Gasteiger partial charge in [-0.15, -0.1) is 10.2 Å². The third-order valence-corrected chi connectivity index (χ3v) is 6.30. The molecule has 1 N–H and O–H groups in total. The molecular weight excluding hydrogens is 526 g/mol. The van der Waals surface area contributed by atoms with E-state index in [1.807, 2.05) is 89.5 Å². The van der Waals surface area contributed by atoms with E-state index in [1.165, 1.54) is 18.0 Å². The average Bonchev–Trinajstić information content (AvgIpc) is 3.32. The fraction of sp³-hybridized carbons (Fsp3) is 0.0769. The lowest BCUT2D eigenvalue weighted by Gasteiger charge is -2.10. The minimum atomic E-state index is -0.247. The van der Waals surface area contributed by atoms with Crippen molar-refractivity contribution in [3.63, 3.8) is 0 Å². The lowest BCUT2D eigenvalue weighted by molar-refractivity contribution is -0.118. The number of allylic oxidation sites excluding steroid dienone is 1. The third kappa shape index (κ3) is 6.46. The second kappa shape index (κ2) is 12.1. The normalized spacial score (nSPS) is 11.3. The molecule has 3 aromatic carbocycles. The zero-order chi connectivity index (χ0) is 24.5. The van der Waals surface area contributed by atoms with Gasteiger partial charge in [0.15, 0.2) is 11.0 Å². The number of hydrazone groups is 1. The molecule has 0 saturated carbocycles. The Bertz CT molecular complexity index is 1340. The van der Waals surface area contributed by atoms with Gasteiger partial charge in [0, 0.05) is 27.5 Å². The molecule has 0 aliphatic heterocycles. The molecule has 7 nitrogen and oxygen atoms in total. The average molecular weight is 548 g/mol. The molecule has 1 amide bonds. The Kier molecular flexibility index (Phi) is 8.48. The van der Waals surface area contributed by atoms with Crippen LogP contribution in [0.5, 0.6) is 5.75 Å². The molecule has 0 fully saturated rings. The number of rotatable bonds is 9. The summed E-state index contributed by atoms with van der Waals surface area (Å²) in [6, 6.07) is 25.3. The number of para-hydroxylation sites is 1. The maximum Gasteiger partial charge on any atom is 0.250 e. The molecule has 0 unspecified atom stereocenters. The standard InChI is InChI=1S/C26H22BrN5O2S/c1-34-23-12-6-5-8-19(23)11-7-17-28-29-24(33)18-35-26-31-30-25(20-9-3-2-4-10-20)32(26)22-15-13-21(27)14-16-22/h2-17H,18H2,1H3,(H,29,33)/b11-7-,28-17+. The first-order chi connectivity index (χ1) is 17.2. The van der Waals surface area contributed by atoms with Gasteiger partial charge in [-0.05, 0) is 42.5 Å². The Balaban J connectivity index is 1.42. The van der Waals surface area contributed by atoms with Gasteiger partial charge in [0.25, 0.3) is 5.91 Å². The lowest BCUT2D eigenvalue weighted by atomic mass is 10.2. The predicted molar refractivity (Wildman–Crippen MR) is 144 cm³/mol. The number of aromatic nitrogens is 3. The summed E-state index contributed by atoms with van der Waals surface area (Å²) in [6.07, 6.45) is 5.11. The highest BCUT2D eigenvalue weighted by Gasteiger charge is 2.17. The molecule has 0 bridgehead atoms. The molecule has 4 rings (SSSR count). The van der Waals surface area contributed by atoms with Crippen molar-refractivity contribution in [1.82, 2.24) is 20.2 Å². The Labute approximate surface area is 216 Å². The molecule has 176 valence electrons. The van der Waals surface area contributed by atoms with Gasteiger partial charge in [0.05, 0.1) is 12.9 Å². The van der Waals surface area contributed by atoms with Gasteiger partial charge in [-0.25, -0.2) is 5.43 Å². The van der Waals surface area contributed by atoms with Crippen LogP contribution in [0.4, 0.5) is 0 Å². The monoisotopic (exact) mass is 547 g/mol. The number of carbonyl (C=O) groups excluding carboxylic acids is 1. The van der Waals surface area contributed by atoms with Crippen molar-refractivity contribution in [3.05, 3.63) is 95.0 Å². The first-order valence-corrected chi connectivity index (χ1v) is 12.4.